The molecule has 1 aliphatic carbocycles. The number of rotatable bonds is 3. The minimum Gasteiger partial charge on any atom is -0.335 e. The van der Waals surface area contributed by atoms with Crippen molar-refractivity contribution in [2.24, 2.45) is 0 Å². The lowest BCUT2D eigenvalue weighted by molar-refractivity contribution is -0.915. The highest BCUT2D eigenvalue weighted by Gasteiger charge is 2.27. The Bertz CT molecular complexity index is 345. The van der Waals surface area contributed by atoms with Crippen LogP contribution in [-0.4, -0.2) is 37.1 Å². The minimum atomic E-state index is -0.315. The Morgan fingerprint density at radius 3 is 2.14 bits per heavy atom. The lowest BCUT2D eigenvalue weighted by Gasteiger charge is -2.26. The summed E-state index contributed by atoms with van der Waals surface area (Å²) < 4.78 is 0. The zero-order chi connectivity index (χ0) is 15.1. The van der Waals surface area contributed by atoms with Crippen molar-refractivity contribution in [1.82, 2.24) is 10.6 Å². The molecule has 21 heavy (non-hydrogen) atoms. The molecule has 5 nitrogen and oxygen atoms in total. The van der Waals surface area contributed by atoms with Gasteiger partial charge in [0.15, 0.2) is 6.04 Å². The highest BCUT2D eigenvalue weighted by atomic mass is 16.2. The quantitative estimate of drug-likeness (QED) is 0.727. The Kier molecular flexibility index (Phi) is 6.49. The normalized spacial score (nSPS) is 23.1. The van der Waals surface area contributed by atoms with Crippen LogP contribution >= 0.6 is 0 Å². The van der Waals surface area contributed by atoms with Gasteiger partial charge in [0.1, 0.15) is 0 Å². The van der Waals surface area contributed by atoms with E-state index in [-0.39, 0.29) is 24.0 Å². The Morgan fingerprint density at radius 1 is 0.952 bits per heavy atom. The molecule has 2 fully saturated rings. The van der Waals surface area contributed by atoms with E-state index < -0.39 is 0 Å². The fourth-order valence-corrected chi connectivity index (χ4v) is 3.49. The molecule has 0 unspecified atom stereocenters. The lowest BCUT2D eigenvalue weighted by Crippen LogP contribution is -3.16. The Morgan fingerprint density at radius 2 is 1.52 bits per heavy atom. The summed E-state index contributed by atoms with van der Waals surface area (Å²) >= 11 is 0. The fraction of sp³-hybridized carbons (Fsp3) is 0.875. The third-order valence-electron chi connectivity index (χ3n) is 4.93. The molecule has 2 aliphatic rings. The summed E-state index contributed by atoms with van der Waals surface area (Å²) in [4.78, 5) is 25.4. The van der Waals surface area contributed by atoms with Crippen LogP contribution in [0.15, 0.2) is 0 Å². The van der Waals surface area contributed by atoms with Gasteiger partial charge in [0.2, 0.25) is 0 Å². The van der Waals surface area contributed by atoms with Crippen molar-refractivity contribution in [1.29, 1.82) is 0 Å². The molecule has 0 spiro atoms. The van der Waals surface area contributed by atoms with Gasteiger partial charge in [-0.15, -0.1) is 0 Å². The average molecular weight is 296 g/mol. The topological polar surface area (TPSA) is 62.6 Å². The van der Waals surface area contributed by atoms with E-state index in [1.54, 1.807) is 0 Å². The highest BCUT2D eigenvalue weighted by Crippen LogP contribution is 2.17. The predicted molar refractivity (Wildman–Crippen MR) is 82.2 cm³/mol. The van der Waals surface area contributed by atoms with E-state index in [1.807, 2.05) is 6.92 Å². The number of amides is 3. The molecule has 120 valence electrons. The number of hydrogen-bond acceptors (Lipinski definition) is 2. The largest absolute Gasteiger partial charge is 0.335 e. The molecular weight excluding hydrogens is 266 g/mol. The first kappa shape index (κ1) is 16.3. The van der Waals surface area contributed by atoms with E-state index in [0.717, 1.165) is 25.9 Å². The molecule has 0 aromatic heterocycles. The predicted octanol–water partition coefficient (Wildman–Crippen LogP) is 0.992. The first-order chi connectivity index (χ1) is 10.2. The van der Waals surface area contributed by atoms with Crippen LogP contribution in [0.2, 0.25) is 0 Å². The van der Waals surface area contributed by atoms with E-state index >= 15 is 0 Å². The lowest BCUT2D eigenvalue weighted by atomic mass is 10.1. The van der Waals surface area contributed by atoms with Crippen molar-refractivity contribution < 1.29 is 14.5 Å². The first-order valence-corrected chi connectivity index (χ1v) is 8.63. The standard InChI is InChI=1S/C16H29N3O2/c1-13(19-11-7-3-2-4-8-12-19)15(20)18-16(21)17-14-9-5-6-10-14/h13-14H,2-12H2,1H3,(H2,17,18,20,21)/p+1/t13-/m1/s1. The van der Waals surface area contributed by atoms with Crippen molar-refractivity contribution in [3.63, 3.8) is 0 Å². The number of likely N-dealkylation sites (tertiary alicyclic amines) is 1. The number of imide groups is 1. The van der Waals surface area contributed by atoms with E-state index in [4.69, 9.17) is 0 Å². The van der Waals surface area contributed by atoms with Crippen molar-refractivity contribution in [2.75, 3.05) is 13.1 Å². The van der Waals surface area contributed by atoms with E-state index in [9.17, 15) is 9.59 Å². The molecule has 0 bridgehead atoms. The molecule has 1 heterocycles. The molecule has 1 saturated heterocycles. The van der Waals surface area contributed by atoms with Gasteiger partial charge >= 0.3 is 6.03 Å². The molecule has 0 radical (unpaired) electrons. The maximum absolute atomic E-state index is 12.2. The number of carbonyl (C=O) groups excluding carboxylic acids is 2. The SMILES string of the molecule is C[C@H](C(=O)NC(=O)NC1CCCC1)[NH+]1CCCCCCC1. The number of carbonyl (C=O) groups is 2. The summed E-state index contributed by atoms with van der Waals surface area (Å²) in [7, 11) is 0. The summed E-state index contributed by atoms with van der Waals surface area (Å²) in [5, 5.41) is 5.44. The number of urea groups is 1. The van der Waals surface area contributed by atoms with Gasteiger partial charge in [-0.25, -0.2) is 4.79 Å². The van der Waals surface area contributed by atoms with Gasteiger partial charge in [-0.1, -0.05) is 19.3 Å². The second-order valence-corrected chi connectivity index (χ2v) is 6.59. The number of nitrogens with one attached hydrogen (secondary N) is 3. The smallest absolute Gasteiger partial charge is 0.321 e. The van der Waals surface area contributed by atoms with Gasteiger partial charge < -0.3 is 10.2 Å². The van der Waals surface area contributed by atoms with Gasteiger partial charge in [-0.3, -0.25) is 10.1 Å². The Balaban J connectivity index is 1.76. The molecule has 3 N–H and O–H groups in total. The molecule has 1 atom stereocenters. The van der Waals surface area contributed by atoms with Crippen molar-refractivity contribution in [3.8, 4) is 0 Å². The fourth-order valence-electron chi connectivity index (χ4n) is 3.49. The van der Waals surface area contributed by atoms with Gasteiger partial charge in [0.25, 0.3) is 5.91 Å². The van der Waals surface area contributed by atoms with Crippen molar-refractivity contribution in [2.45, 2.75) is 76.8 Å². The molecule has 2 rings (SSSR count). The maximum atomic E-state index is 12.2. The summed E-state index contributed by atoms with van der Waals surface area (Å²) in [6, 6.07) is -0.204. The maximum Gasteiger partial charge on any atom is 0.321 e. The second-order valence-electron chi connectivity index (χ2n) is 6.59. The zero-order valence-electron chi connectivity index (χ0n) is 13.2. The Labute approximate surface area is 127 Å². The molecular formula is C16H30N3O2+. The van der Waals surface area contributed by atoms with Crippen LogP contribution in [0.3, 0.4) is 0 Å². The zero-order valence-corrected chi connectivity index (χ0v) is 13.2. The third-order valence-corrected chi connectivity index (χ3v) is 4.93. The Hall–Kier alpha value is -1.10. The van der Waals surface area contributed by atoms with Crippen LogP contribution in [0, 0.1) is 0 Å². The minimum absolute atomic E-state index is 0.138. The van der Waals surface area contributed by atoms with Gasteiger partial charge in [0.05, 0.1) is 13.1 Å². The first-order valence-electron chi connectivity index (χ1n) is 8.63. The van der Waals surface area contributed by atoms with Crippen molar-refractivity contribution >= 4 is 11.9 Å². The van der Waals surface area contributed by atoms with Crippen LogP contribution in [0.4, 0.5) is 4.79 Å². The summed E-state index contributed by atoms with van der Waals surface area (Å²) in [6.45, 7) is 4.02. The van der Waals surface area contributed by atoms with Crippen LogP contribution < -0.4 is 15.5 Å². The number of hydrogen-bond donors (Lipinski definition) is 3. The van der Waals surface area contributed by atoms with Crippen molar-refractivity contribution in [3.05, 3.63) is 0 Å². The van der Waals surface area contributed by atoms with Gasteiger partial charge in [-0.05, 0) is 45.4 Å². The van der Waals surface area contributed by atoms with E-state index in [2.05, 4.69) is 10.6 Å². The molecule has 5 heteroatoms. The highest BCUT2D eigenvalue weighted by molar-refractivity contribution is 5.96. The van der Waals surface area contributed by atoms with Gasteiger partial charge in [0, 0.05) is 6.04 Å². The van der Waals surface area contributed by atoms with Crippen LogP contribution in [-0.2, 0) is 4.79 Å². The monoisotopic (exact) mass is 296 g/mol. The molecule has 1 aliphatic heterocycles. The van der Waals surface area contributed by atoms with Crippen LogP contribution in [0.5, 0.6) is 0 Å². The van der Waals surface area contributed by atoms with Gasteiger partial charge in [-0.2, -0.15) is 0 Å². The molecule has 0 aromatic rings. The second kappa shape index (κ2) is 8.37. The molecule has 1 saturated carbocycles. The summed E-state index contributed by atoms with van der Waals surface area (Å²) in [5.41, 5.74) is 0. The van der Waals surface area contributed by atoms with E-state index in [0.29, 0.717) is 0 Å². The molecule has 3 amide bonds. The third kappa shape index (κ3) is 5.30. The van der Waals surface area contributed by atoms with Crippen LogP contribution in [0.25, 0.3) is 0 Å². The summed E-state index contributed by atoms with van der Waals surface area (Å²) in [5.74, 6) is -0.138. The average Bonchev–Trinajstić information content (AvgIpc) is 2.90. The van der Waals surface area contributed by atoms with Crippen LogP contribution in [0.1, 0.15) is 64.7 Å². The number of quaternary nitrogens is 1. The summed E-state index contributed by atoms with van der Waals surface area (Å²) in [6.07, 6.45) is 10.6. The van der Waals surface area contributed by atoms with E-state index in [1.165, 1.54) is 49.8 Å². The molecule has 0 aromatic carbocycles.